The molecule has 0 heterocycles. The summed E-state index contributed by atoms with van der Waals surface area (Å²) in [5, 5.41) is 21.7. The molecular weight excluding hydrogens is 266 g/mol. The van der Waals surface area contributed by atoms with E-state index >= 15 is 0 Å². The minimum Gasteiger partial charge on any atom is -0.394 e. The Morgan fingerprint density at radius 2 is 2.11 bits per heavy atom. The zero-order valence-corrected chi connectivity index (χ0v) is 11.5. The number of carbonyl (C=O) groups excluding carboxylic acids is 1. The molecule has 1 aromatic rings. The Balaban J connectivity index is 2.69. The molecular formula is C14H18ClNO3. The van der Waals surface area contributed by atoms with E-state index in [1.54, 1.807) is 31.2 Å². The van der Waals surface area contributed by atoms with Crippen molar-refractivity contribution >= 4 is 23.6 Å². The van der Waals surface area contributed by atoms with E-state index in [1.165, 1.54) is 6.08 Å². The summed E-state index contributed by atoms with van der Waals surface area (Å²) >= 11 is 5.83. The predicted molar refractivity (Wildman–Crippen MR) is 75.8 cm³/mol. The van der Waals surface area contributed by atoms with E-state index < -0.39 is 5.54 Å². The summed E-state index contributed by atoms with van der Waals surface area (Å²) in [4.78, 5) is 11.7. The number of nitrogens with one attached hydrogen (secondary N) is 1. The highest BCUT2D eigenvalue weighted by molar-refractivity contribution is 6.30. The average Bonchev–Trinajstić information content (AvgIpc) is 2.43. The number of carbonyl (C=O) groups is 1. The second kappa shape index (κ2) is 7.28. The molecule has 19 heavy (non-hydrogen) atoms. The van der Waals surface area contributed by atoms with Gasteiger partial charge in [-0.25, -0.2) is 0 Å². The van der Waals surface area contributed by atoms with Crippen LogP contribution in [0.25, 0.3) is 6.08 Å². The molecule has 0 fully saturated rings. The van der Waals surface area contributed by atoms with Gasteiger partial charge in [0, 0.05) is 11.1 Å². The van der Waals surface area contributed by atoms with Gasteiger partial charge in [-0.15, -0.1) is 0 Å². The molecule has 1 rings (SSSR count). The van der Waals surface area contributed by atoms with Crippen LogP contribution in [0.3, 0.4) is 0 Å². The van der Waals surface area contributed by atoms with Crippen molar-refractivity contribution in [2.45, 2.75) is 18.9 Å². The van der Waals surface area contributed by atoms with Crippen LogP contribution in [0.1, 0.15) is 18.9 Å². The maximum absolute atomic E-state index is 11.7. The van der Waals surface area contributed by atoms with Crippen LogP contribution >= 0.6 is 11.6 Å². The minimum absolute atomic E-state index is 0.309. The van der Waals surface area contributed by atoms with Gasteiger partial charge in [0.2, 0.25) is 5.91 Å². The number of halogens is 1. The van der Waals surface area contributed by atoms with Gasteiger partial charge in [-0.3, -0.25) is 4.79 Å². The molecule has 4 nitrogen and oxygen atoms in total. The third kappa shape index (κ3) is 4.67. The SMILES string of the molecule is CCC(CO)(CO)NC(=O)/C=C/c1cccc(Cl)c1. The standard InChI is InChI=1S/C14H18ClNO3/c1-2-14(9-17,10-18)16-13(19)7-6-11-4-3-5-12(15)8-11/h3-8,17-18H,2,9-10H2,1H3,(H,16,19)/b7-6+. The number of aliphatic hydroxyl groups excluding tert-OH is 2. The van der Waals surface area contributed by atoms with Gasteiger partial charge in [0.05, 0.1) is 18.8 Å². The summed E-state index contributed by atoms with van der Waals surface area (Å²) in [6, 6.07) is 7.09. The van der Waals surface area contributed by atoms with Crippen LogP contribution in [-0.4, -0.2) is 34.9 Å². The molecule has 0 aliphatic carbocycles. The molecule has 0 aromatic heterocycles. The fourth-order valence-electron chi connectivity index (χ4n) is 1.53. The van der Waals surface area contributed by atoms with Gasteiger partial charge >= 0.3 is 0 Å². The first-order valence-electron chi connectivity index (χ1n) is 6.03. The normalized spacial score (nSPS) is 11.8. The Bertz CT molecular complexity index is 447. The van der Waals surface area contributed by atoms with Gasteiger partial charge in [0.1, 0.15) is 0 Å². The fraction of sp³-hybridized carbons (Fsp3) is 0.357. The third-order valence-corrected chi connectivity index (χ3v) is 3.18. The van der Waals surface area contributed by atoms with Crippen molar-refractivity contribution in [1.29, 1.82) is 0 Å². The molecule has 0 spiro atoms. The zero-order valence-electron chi connectivity index (χ0n) is 10.8. The van der Waals surface area contributed by atoms with Crippen molar-refractivity contribution in [3.8, 4) is 0 Å². The Labute approximate surface area is 117 Å². The van der Waals surface area contributed by atoms with E-state index in [2.05, 4.69) is 5.32 Å². The summed E-state index contributed by atoms with van der Waals surface area (Å²) in [6.07, 6.45) is 3.41. The molecule has 0 aliphatic rings. The van der Waals surface area contributed by atoms with Crippen molar-refractivity contribution < 1.29 is 15.0 Å². The van der Waals surface area contributed by atoms with E-state index in [4.69, 9.17) is 11.6 Å². The lowest BCUT2D eigenvalue weighted by Gasteiger charge is -2.28. The molecule has 0 unspecified atom stereocenters. The van der Waals surface area contributed by atoms with E-state index in [0.29, 0.717) is 11.4 Å². The molecule has 0 radical (unpaired) electrons. The highest BCUT2D eigenvalue weighted by Crippen LogP contribution is 2.12. The Morgan fingerprint density at radius 3 is 2.63 bits per heavy atom. The van der Waals surface area contributed by atoms with Crippen LogP contribution in [0.5, 0.6) is 0 Å². The zero-order chi connectivity index (χ0) is 14.3. The van der Waals surface area contributed by atoms with Gasteiger partial charge in [0.25, 0.3) is 0 Å². The molecule has 0 aliphatic heterocycles. The van der Waals surface area contributed by atoms with E-state index in [-0.39, 0.29) is 19.1 Å². The average molecular weight is 284 g/mol. The number of hydrogen-bond acceptors (Lipinski definition) is 3. The van der Waals surface area contributed by atoms with Crippen molar-refractivity contribution in [1.82, 2.24) is 5.32 Å². The summed E-state index contributed by atoms with van der Waals surface area (Å²) in [5.41, 5.74) is -0.173. The second-order valence-corrected chi connectivity index (χ2v) is 4.76. The van der Waals surface area contributed by atoms with Crippen LogP contribution in [0.2, 0.25) is 5.02 Å². The fourth-order valence-corrected chi connectivity index (χ4v) is 1.72. The highest BCUT2D eigenvalue weighted by Gasteiger charge is 2.27. The van der Waals surface area contributed by atoms with Crippen molar-refractivity contribution in [3.63, 3.8) is 0 Å². The summed E-state index contributed by atoms with van der Waals surface area (Å²) < 4.78 is 0. The maximum Gasteiger partial charge on any atom is 0.244 e. The van der Waals surface area contributed by atoms with Gasteiger partial charge in [-0.1, -0.05) is 30.7 Å². The Morgan fingerprint density at radius 1 is 1.42 bits per heavy atom. The molecule has 3 N–H and O–H groups in total. The quantitative estimate of drug-likeness (QED) is 0.695. The molecule has 0 atom stereocenters. The highest BCUT2D eigenvalue weighted by atomic mass is 35.5. The van der Waals surface area contributed by atoms with E-state index in [9.17, 15) is 15.0 Å². The number of benzene rings is 1. The van der Waals surface area contributed by atoms with Crippen LogP contribution < -0.4 is 5.32 Å². The first kappa shape index (κ1) is 15.7. The summed E-state index contributed by atoms with van der Waals surface area (Å²) in [7, 11) is 0. The van der Waals surface area contributed by atoms with Crippen LogP contribution in [-0.2, 0) is 4.79 Å². The van der Waals surface area contributed by atoms with E-state index in [1.807, 2.05) is 6.07 Å². The van der Waals surface area contributed by atoms with Crippen LogP contribution in [0.4, 0.5) is 0 Å². The number of rotatable bonds is 6. The smallest absolute Gasteiger partial charge is 0.244 e. The largest absolute Gasteiger partial charge is 0.394 e. The number of amides is 1. The van der Waals surface area contributed by atoms with Crippen molar-refractivity contribution in [2.24, 2.45) is 0 Å². The lowest BCUT2D eigenvalue weighted by Crippen LogP contribution is -2.53. The molecule has 1 amide bonds. The Hall–Kier alpha value is -1.36. The monoisotopic (exact) mass is 283 g/mol. The maximum atomic E-state index is 11.7. The van der Waals surface area contributed by atoms with Gasteiger partial charge < -0.3 is 15.5 Å². The summed E-state index contributed by atoms with van der Waals surface area (Å²) in [6.45, 7) is 1.17. The van der Waals surface area contributed by atoms with Gasteiger partial charge in [-0.2, -0.15) is 0 Å². The van der Waals surface area contributed by atoms with Gasteiger partial charge in [0.15, 0.2) is 0 Å². The number of hydrogen-bond donors (Lipinski definition) is 3. The first-order chi connectivity index (χ1) is 9.05. The lowest BCUT2D eigenvalue weighted by molar-refractivity contribution is -0.119. The molecule has 104 valence electrons. The molecule has 0 saturated heterocycles. The molecule has 1 aromatic carbocycles. The molecule has 5 heteroatoms. The molecule has 0 bridgehead atoms. The number of aliphatic hydroxyl groups is 2. The topological polar surface area (TPSA) is 69.6 Å². The lowest BCUT2D eigenvalue weighted by atomic mass is 9.98. The summed E-state index contributed by atoms with van der Waals surface area (Å²) in [5.74, 6) is -0.370. The van der Waals surface area contributed by atoms with Crippen molar-refractivity contribution in [2.75, 3.05) is 13.2 Å². The van der Waals surface area contributed by atoms with Crippen LogP contribution in [0, 0.1) is 0 Å². The minimum atomic E-state index is -0.976. The van der Waals surface area contributed by atoms with E-state index in [0.717, 1.165) is 5.56 Å². The molecule has 0 saturated carbocycles. The second-order valence-electron chi connectivity index (χ2n) is 4.33. The first-order valence-corrected chi connectivity index (χ1v) is 6.40. The van der Waals surface area contributed by atoms with Crippen LogP contribution in [0.15, 0.2) is 30.3 Å². The Kier molecular flexibility index (Phi) is 6.02. The van der Waals surface area contributed by atoms with Crippen molar-refractivity contribution in [3.05, 3.63) is 40.9 Å². The predicted octanol–water partition coefficient (Wildman–Crippen LogP) is 1.60. The third-order valence-electron chi connectivity index (χ3n) is 2.95. The van der Waals surface area contributed by atoms with Gasteiger partial charge in [-0.05, 0) is 30.2 Å².